The first-order chi connectivity index (χ1) is 7.16. The topological polar surface area (TPSA) is 46.9 Å². The molecule has 1 N–H and O–H groups in total. The number of carbonyl (C=O) groups excluding carboxylic acids is 1. The standard InChI is InChI=1S/C9H8BrN3OS/c1-13-8(2-3-11-13)12-9(14)6-4-7(10)15-5-6/h2-5H,1H3,(H,12,14). The Labute approximate surface area is 99.0 Å². The predicted octanol–water partition coefficient (Wildman–Crippen LogP) is 2.50. The van der Waals surface area contributed by atoms with Crippen LogP contribution < -0.4 is 5.32 Å². The van der Waals surface area contributed by atoms with Crippen molar-refractivity contribution in [3.8, 4) is 0 Å². The Morgan fingerprint density at radius 2 is 2.47 bits per heavy atom. The highest BCUT2D eigenvalue weighted by atomic mass is 79.9. The fourth-order valence-corrected chi connectivity index (χ4v) is 2.25. The smallest absolute Gasteiger partial charge is 0.257 e. The normalized spacial score (nSPS) is 10.3. The number of carbonyl (C=O) groups is 1. The van der Waals surface area contributed by atoms with Gasteiger partial charge in [-0.1, -0.05) is 0 Å². The van der Waals surface area contributed by atoms with E-state index in [1.165, 1.54) is 11.3 Å². The van der Waals surface area contributed by atoms with Crippen molar-refractivity contribution in [1.82, 2.24) is 9.78 Å². The molecule has 78 valence electrons. The van der Waals surface area contributed by atoms with Crippen LogP contribution in [-0.2, 0) is 7.05 Å². The third-order valence-corrected chi connectivity index (χ3v) is 3.40. The Bertz CT molecular complexity index is 491. The van der Waals surface area contributed by atoms with Crippen LogP contribution in [0.3, 0.4) is 0 Å². The molecule has 0 unspecified atom stereocenters. The number of aryl methyl sites for hydroxylation is 1. The highest BCUT2D eigenvalue weighted by molar-refractivity contribution is 9.11. The average molecular weight is 286 g/mol. The van der Waals surface area contributed by atoms with Crippen molar-refractivity contribution in [1.29, 1.82) is 0 Å². The molecule has 0 radical (unpaired) electrons. The van der Waals surface area contributed by atoms with E-state index in [-0.39, 0.29) is 5.91 Å². The summed E-state index contributed by atoms with van der Waals surface area (Å²) >= 11 is 4.80. The number of halogens is 1. The molecule has 2 rings (SSSR count). The van der Waals surface area contributed by atoms with Crippen LogP contribution in [0.4, 0.5) is 5.82 Å². The molecule has 2 heterocycles. The number of nitrogens with one attached hydrogen (secondary N) is 1. The van der Waals surface area contributed by atoms with Gasteiger partial charge in [0.1, 0.15) is 5.82 Å². The molecule has 0 saturated carbocycles. The minimum atomic E-state index is -0.124. The summed E-state index contributed by atoms with van der Waals surface area (Å²) in [6, 6.07) is 3.54. The Morgan fingerprint density at radius 3 is 3.00 bits per heavy atom. The number of aromatic nitrogens is 2. The SMILES string of the molecule is Cn1nccc1NC(=O)c1csc(Br)c1. The molecule has 2 aromatic heterocycles. The van der Waals surface area contributed by atoms with Gasteiger partial charge in [0.2, 0.25) is 0 Å². The molecule has 1 amide bonds. The predicted molar refractivity (Wildman–Crippen MR) is 63.2 cm³/mol. The first kappa shape index (κ1) is 10.4. The van der Waals surface area contributed by atoms with E-state index in [0.717, 1.165) is 3.79 Å². The third-order valence-electron chi connectivity index (χ3n) is 1.89. The van der Waals surface area contributed by atoms with Crippen LogP contribution in [0.5, 0.6) is 0 Å². The Hall–Kier alpha value is -1.14. The highest BCUT2D eigenvalue weighted by Crippen LogP contribution is 2.21. The molecule has 0 aliphatic carbocycles. The number of anilines is 1. The van der Waals surface area contributed by atoms with E-state index in [2.05, 4.69) is 26.3 Å². The number of thiophene rings is 1. The maximum Gasteiger partial charge on any atom is 0.257 e. The number of hydrogen-bond donors (Lipinski definition) is 1. The van der Waals surface area contributed by atoms with Crippen LogP contribution in [0.25, 0.3) is 0 Å². The van der Waals surface area contributed by atoms with Gasteiger partial charge in [0.25, 0.3) is 5.91 Å². The molecule has 2 aromatic rings. The molecule has 0 spiro atoms. The summed E-state index contributed by atoms with van der Waals surface area (Å²) < 4.78 is 2.55. The summed E-state index contributed by atoms with van der Waals surface area (Å²) in [5, 5.41) is 8.53. The molecule has 4 nitrogen and oxygen atoms in total. The molecule has 6 heteroatoms. The quantitative estimate of drug-likeness (QED) is 0.922. The van der Waals surface area contributed by atoms with Gasteiger partial charge in [0.05, 0.1) is 15.5 Å². The van der Waals surface area contributed by atoms with E-state index in [1.54, 1.807) is 35.4 Å². The Kier molecular flexibility index (Phi) is 2.88. The minimum absolute atomic E-state index is 0.124. The lowest BCUT2D eigenvalue weighted by molar-refractivity contribution is 0.102. The number of nitrogens with zero attached hydrogens (tertiary/aromatic N) is 2. The summed E-state index contributed by atoms with van der Waals surface area (Å²) in [5.41, 5.74) is 0.646. The Balaban J connectivity index is 2.14. The first-order valence-electron chi connectivity index (χ1n) is 4.20. The summed E-state index contributed by atoms with van der Waals surface area (Å²) in [7, 11) is 1.78. The van der Waals surface area contributed by atoms with Crippen molar-refractivity contribution in [2.75, 3.05) is 5.32 Å². The second-order valence-electron chi connectivity index (χ2n) is 2.93. The minimum Gasteiger partial charge on any atom is -0.307 e. The summed E-state index contributed by atoms with van der Waals surface area (Å²) in [6.45, 7) is 0. The van der Waals surface area contributed by atoms with Gasteiger partial charge >= 0.3 is 0 Å². The molecule has 0 saturated heterocycles. The van der Waals surface area contributed by atoms with Crippen molar-refractivity contribution in [3.63, 3.8) is 0 Å². The highest BCUT2D eigenvalue weighted by Gasteiger charge is 2.09. The van der Waals surface area contributed by atoms with Crippen LogP contribution in [-0.4, -0.2) is 15.7 Å². The van der Waals surface area contributed by atoms with E-state index in [4.69, 9.17) is 0 Å². The van der Waals surface area contributed by atoms with Gasteiger partial charge in [0.15, 0.2) is 0 Å². The maximum absolute atomic E-state index is 11.7. The van der Waals surface area contributed by atoms with Gasteiger partial charge in [-0.15, -0.1) is 11.3 Å². The largest absolute Gasteiger partial charge is 0.307 e. The van der Waals surface area contributed by atoms with Crippen LogP contribution in [0.2, 0.25) is 0 Å². The second kappa shape index (κ2) is 4.16. The molecular weight excluding hydrogens is 278 g/mol. The summed E-state index contributed by atoms with van der Waals surface area (Å²) in [6.07, 6.45) is 1.64. The second-order valence-corrected chi connectivity index (χ2v) is 5.22. The van der Waals surface area contributed by atoms with Gasteiger partial charge < -0.3 is 5.32 Å². The van der Waals surface area contributed by atoms with E-state index in [9.17, 15) is 4.79 Å². The van der Waals surface area contributed by atoms with Gasteiger partial charge in [-0.2, -0.15) is 5.10 Å². The van der Waals surface area contributed by atoms with Gasteiger partial charge in [-0.25, -0.2) is 0 Å². The lowest BCUT2D eigenvalue weighted by Gasteiger charge is -2.02. The van der Waals surface area contributed by atoms with Crippen LogP contribution in [0.15, 0.2) is 27.5 Å². The van der Waals surface area contributed by atoms with Gasteiger partial charge in [-0.3, -0.25) is 9.48 Å². The third kappa shape index (κ3) is 2.27. The number of amides is 1. The lowest BCUT2D eigenvalue weighted by atomic mass is 10.3. The number of rotatable bonds is 2. The monoisotopic (exact) mass is 285 g/mol. The molecule has 0 aliphatic rings. The zero-order valence-electron chi connectivity index (χ0n) is 7.90. The van der Waals surface area contributed by atoms with Crippen molar-refractivity contribution in [3.05, 3.63) is 33.1 Å². The lowest BCUT2D eigenvalue weighted by Crippen LogP contribution is -2.13. The first-order valence-corrected chi connectivity index (χ1v) is 5.87. The van der Waals surface area contributed by atoms with Crippen molar-refractivity contribution >= 4 is 39.0 Å². The molecule has 0 aliphatic heterocycles. The zero-order valence-corrected chi connectivity index (χ0v) is 10.3. The average Bonchev–Trinajstić information content (AvgIpc) is 2.77. The van der Waals surface area contributed by atoms with Crippen LogP contribution in [0, 0.1) is 0 Å². The van der Waals surface area contributed by atoms with Crippen molar-refractivity contribution < 1.29 is 4.79 Å². The van der Waals surface area contributed by atoms with Crippen molar-refractivity contribution in [2.45, 2.75) is 0 Å². The molecule has 0 aromatic carbocycles. The van der Waals surface area contributed by atoms with Crippen LogP contribution in [0.1, 0.15) is 10.4 Å². The zero-order chi connectivity index (χ0) is 10.8. The van der Waals surface area contributed by atoms with Gasteiger partial charge in [0, 0.05) is 18.5 Å². The van der Waals surface area contributed by atoms with E-state index >= 15 is 0 Å². The summed E-state index contributed by atoms with van der Waals surface area (Å²) in [4.78, 5) is 11.7. The summed E-state index contributed by atoms with van der Waals surface area (Å²) in [5.74, 6) is 0.558. The van der Waals surface area contributed by atoms with Crippen molar-refractivity contribution in [2.24, 2.45) is 7.05 Å². The van der Waals surface area contributed by atoms with Gasteiger partial charge in [-0.05, 0) is 22.0 Å². The van der Waals surface area contributed by atoms with Crippen LogP contribution >= 0.6 is 27.3 Å². The fourth-order valence-electron chi connectivity index (χ4n) is 1.11. The molecule has 0 atom stereocenters. The molecule has 0 fully saturated rings. The van der Waals surface area contributed by atoms with E-state index < -0.39 is 0 Å². The fraction of sp³-hybridized carbons (Fsp3) is 0.111. The number of hydrogen-bond acceptors (Lipinski definition) is 3. The maximum atomic E-state index is 11.7. The molecular formula is C9H8BrN3OS. The molecule has 15 heavy (non-hydrogen) atoms. The Morgan fingerprint density at radius 1 is 1.67 bits per heavy atom. The van der Waals surface area contributed by atoms with E-state index in [1.807, 2.05) is 0 Å². The van der Waals surface area contributed by atoms with E-state index in [0.29, 0.717) is 11.4 Å². The molecule has 0 bridgehead atoms.